The van der Waals surface area contributed by atoms with E-state index in [2.05, 4.69) is 34.6 Å². The molecule has 1 aliphatic heterocycles. The van der Waals surface area contributed by atoms with E-state index in [1.165, 1.54) is 19.3 Å². The minimum absolute atomic E-state index is 0.0985. The zero-order valence-corrected chi connectivity index (χ0v) is 16.7. The van der Waals surface area contributed by atoms with Gasteiger partial charge in [-0.05, 0) is 58.5 Å². The normalized spacial score (nSPS) is 19.8. The van der Waals surface area contributed by atoms with Crippen molar-refractivity contribution < 1.29 is 14.0 Å². The monoisotopic (exact) mass is 346 g/mol. The lowest BCUT2D eigenvalue weighted by molar-refractivity contribution is 0.00578. The Bertz CT molecular complexity index is 485. The first kappa shape index (κ1) is 20.3. The van der Waals surface area contributed by atoms with Crippen LogP contribution in [0.25, 0.3) is 0 Å². The summed E-state index contributed by atoms with van der Waals surface area (Å²) in [6.07, 6.45) is 7.02. The van der Waals surface area contributed by atoms with Gasteiger partial charge in [0.1, 0.15) is 5.75 Å². The van der Waals surface area contributed by atoms with Gasteiger partial charge in [-0.25, -0.2) is 0 Å². The Morgan fingerprint density at radius 2 is 1.52 bits per heavy atom. The van der Waals surface area contributed by atoms with Crippen LogP contribution >= 0.6 is 0 Å². The molecule has 0 N–H and O–H groups in total. The fraction of sp³-hybridized carbons (Fsp3) is 0.714. The fourth-order valence-corrected chi connectivity index (χ4v) is 3.21. The van der Waals surface area contributed by atoms with E-state index in [9.17, 15) is 0 Å². The maximum Gasteiger partial charge on any atom is 0.461 e. The van der Waals surface area contributed by atoms with E-state index < -0.39 is 0 Å². The molecule has 140 valence electrons. The van der Waals surface area contributed by atoms with E-state index >= 15 is 0 Å². The predicted molar refractivity (Wildman–Crippen MR) is 105 cm³/mol. The fourth-order valence-electron chi connectivity index (χ4n) is 3.21. The largest absolute Gasteiger partial charge is 0.494 e. The molecule has 1 aromatic carbocycles. The quantitative estimate of drug-likeness (QED) is 0.391. The van der Waals surface area contributed by atoms with Crippen LogP contribution in [0.5, 0.6) is 5.75 Å². The number of benzene rings is 1. The average molecular weight is 346 g/mol. The van der Waals surface area contributed by atoms with Gasteiger partial charge in [0.2, 0.25) is 0 Å². The summed E-state index contributed by atoms with van der Waals surface area (Å²) in [5, 5.41) is 0. The van der Waals surface area contributed by atoms with Crippen molar-refractivity contribution in [1.29, 1.82) is 0 Å². The lowest BCUT2D eigenvalue weighted by Crippen LogP contribution is -2.41. The van der Waals surface area contributed by atoms with Crippen LogP contribution in [0, 0.1) is 0 Å². The molecular weight excluding hydrogens is 311 g/mol. The van der Waals surface area contributed by atoms with Crippen molar-refractivity contribution >= 4 is 7.12 Å². The molecule has 0 aromatic heterocycles. The van der Waals surface area contributed by atoms with Crippen molar-refractivity contribution in [2.45, 2.75) is 90.2 Å². The third kappa shape index (κ3) is 5.75. The van der Waals surface area contributed by atoms with Gasteiger partial charge in [-0.15, -0.1) is 0 Å². The Kier molecular flexibility index (Phi) is 7.39. The molecule has 1 atom stereocenters. The summed E-state index contributed by atoms with van der Waals surface area (Å²) in [6, 6.07) is 10.0. The number of unbranched alkanes of at least 4 members (excludes halogenated alkanes) is 2. The molecule has 0 aliphatic carbocycles. The standard InChI is InChI=1S/C21H35BO3/c1-6-7-9-13-18(22-24-20(2,3)21(4,5)25-22)14-12-17-23-19-15-10-8-11-16-19/h8,10-11,15-16,18H,6-7,9,12-14,17H2,1-5H3/t18-/m0/s1. The molecule has 0 bridgehead atoms. The average Bonchev–Trinajstić information content (AvgIpc) is 2.78. The number of para-hydroxylation sites is 1. The van der Waals surface area contributed by atoms with Crippen LogP contribution < -0.4 is 4.74 Å². The Morgan fingerprint density at radius 1 is 0.920 bits per heavy atom. The highest BCUT2D eigenvalue weighted by atomic mass is 16.7. The second-order valence-electron chi connectivity index (χ2n) is 8.18. The van der Waals surface area contributed by atoms with Gasteiger partial charge < -0.3 is 14.0 Å². The van der Waals surface area contributed by atoms with E-state index in [4.69, 9.17) is 14.0 Å². The van der Waals surface area contributed by atoms with Crippen molar-refractivity contribution in [3.63, 3.8) is 0 Å². The van der Waals surface area contributed by atoms with Gasteiger partial charge in [0, 0.05) is 0 Å². The first-order valence-electron chi connectivity index (χ1n) is 9.89. The Morgan fingerprint density at radius 3 is 2.12 bits per heavy atom. The lowest BCUT2D eigenvalue weighted by atomic mass is 9.67. The summed E-state index contributed by atoms with van der Waals surface area (Å²) in [6.45, 7) is 11.5. The molecule has 1 heterocycles. The third-order valence-corrected chi connectivity index (χ3v) is 5.57. The molecule has 2 rings (SSSR count). The molecule has 3 nitrogen and oxygen atoms in total. The summed E-state index contributed by atoms with van der Waals surface area (Å²) in [5.74, 6) is 1.38. The van der Waals surface area contributed by atoms with Crippen LogP contribution in [0.3, 0.4) is 0 Å². The lowest BCUT2D eigenvalue weighted by Gasteiger charge is -2.32. The van der Waals surface area contributed by atoms with Crippen LogP contribution in [0.4, 0.5) is 0 Å². The van der Waals surface area contributed by atoms with E-state index in [0.29, 0.717) is 5.82 Å². The van der Waals surface area contributed by atoms with E-state index in [0.717, 1.165) is 31.6 Å². The molecule has 0 unspecified atom stereocenters. The van der Waals surface area contributed by atoms with Gasteiger partial charge in [-0.3, -0.25) is 0 Å². The van der Waals surface area contributed by atoms with E-state index in [-0.39, 0.29) is 18.3 Å². The zero-order chi connectivity index (χ0) is 18.3. The van der Waals surface area contributed by atoms with Crippen molar-refractivity contribution in [1.82, 2.24) is 0 Å². The Labute approximate surface area is 154 Å². The molecular formula is C21H35BO3. The number of hydrogen-bond acceptors (Lipinski definition) is 3. The van der Waals surface area contributed by atoms with Crippen LogP contribution in [0.1, 0.15) is 73.1 Å². The predicted octanol–water partition coefficient (Wildman–Crippen LogP) is 5.89. The van der Waals surface area contributed by atoms with Gasteiger partial charge in [-0.1, -0.05) is 50.8 Å². The SMILES string of the molecule is CCCCC[C@@H](CCCOc1ccccc1)B1OC(C)(C)C(C)(C)O1. The van der Waals surface area contributed by atoms with Gasteiger partial charge in [0.25, 0.3) is 0 Å². The molecule has 25 heavy (non-hydrogen) atoms. The summed E-state index contributed by atoms with van der Waals surface area (Å²) >= 11 is 0. The van der Waals surface area contributed by atoms with Crippen LogP contribution in [0.15, 0.2) is 30.3 Å². The topological polar surface area (TPSA) is 27.7 Å². The maximum absolute atomic E-state index is 6.31. The molecule has 0 spiro atoms. The highest BCUT2D eigenvalue weighted by Gasteiger charge is 2.53. The van der Waals surface area contributed by atoms with Crippen LogP contribution in [-0.4, -0.2) is 24.9 Å². The van der Waals surface area contributed by atoms with Crippen molar-refractivity contribution in [3.05, 3.63) is 30.3 Å². The van der Waals surface area contributed by atoms with Gasteiger partial charge in [0.15, 0.2) is 0 Å². The first-order valence-corrected chi connectivity index (χ1v) is 9.89. The zero-order valence-electron chi connectivity index (χ0n) is 16.7. The summed E-state index contributed by atoms with van der Waals surface area (Å²) in [7, 11) is -0.0985. The van der Waals surface area contributed by atoms with Crippen LogP contribution in [-0.2, 0) is 9.31 Å². The Balaban J connectivity index is 1.85. The minimum Gasteiger partial charge on any atom is -0.494 e. The molecule has 1 fully saturated rings. The molecule has 0 amide bonds. The maximum atomic E-state index is 6.31. The Hall–Kier alpha value is -0.995. The summed E-state index contributed by atoms with van der Waals surface area (Å²) < 4.78 is 18.5. The molecule has 1 saturated heterocycles. The van der Waals surface area contributed by atoms with E-state index in [1.807, 2.05) is 30.3 Å². The highest BCUT2D eigenvalue weighted by Crippen LogP contribution is 2.42. The summed E-state index contributed by atoms with van der Waals surface area (Å²) in [5.41, 5.74) is -0.498. The van der Waals surface area contributed by atoms with E-state index in [1.54, 1.807) is 0 Å². The number of ether oxygens (including phenoxy) is 1. The van der Waals surface area contributed by atoms with Gasteiger partial charge in [-0.2, -0.15) is 0 Å². The van der Waals surface area contributed by atoms with Crippen LogP contribution in [0.2, 0.25) is 5.82 Å². The van der Waals surface area contributed by atoms with Crippen molar-refractivity contribution in [2.24, 2.45) is 0 Å². The third-order valence-electron chi connectivity index (χ3n) is 5.57. The highest BCUT2D eigenvalue weighted by molar-refractivity contribution is 6.47. The molecule has 1 aromatic rings. The van der Waals surface area contributed by atoms with Crippen molar-refractivity contribution in [3.8, 4) is 5.75 Å². The second-order valence-corrected chi connectivity index (χ2v) is 8.18. The minimum atomic E-state index is -0.249. The number of hydrogen-bond donors (Lipinski definition) is 0. The number of rotatable bonds is 10. The van der Waals surface area contributed by atoms with Crippen molar-refractivity contribution in [2.75, 3.05) is 6.61 Å². The first-order chi connectivity index (χ1) is 11.9. The van der Waals surface area contributed by atoms with Gasteiger partial charge in [0.05, 0.1) is 17.8 Å². The molecule has 4 heteroatoms. The smallest absolute Gasteiger partial charge is 0.461 e. The summed E-state index contributed by atoms with van der Waals surface area (Å²) in [4.78, 5) is 0. The van der Waals surface area contributed by atoms with Gasteiger partial charge >= 0.3 is 7.12 Å². The second kappa shape index (κ2) is 9.09. The molecule has 1 aliphatic rings. The molecule has 0 radical (unpaired) electrons. The molecule has 0 saturated carbocycles.